The minimum atomic E-state index is -4.20. The molecule has 0 radical (unpaired) electrons. The number of alkyl halides is 3. The van der Waals surface area contributed by atoms with Crippen LogP contribution in [0.4, 0.5) is 18.9 Å². The summed E-state index contributed by atoms with van der Waals surface area (Å²) in [5, 5.41) is 0. The lowest BCUT2D eigenvalue weighted by molar-refractivity contribution is -0.119. The summed E-state index contributed by atoms with van der Waals surface area (Å²) >= 11 is 3.42. The van der Waals surface area contributed by atoms with Crippen LogP contribution >= 0.6 is 15.9 Å². The maximum absolute atomic E-state index is 12.5. The Bertz CT molecular complexity index is 435. The first kappa shape index (κ1) is 17.3. The fourth-order valence-electron chi connectivity index (χ4n) is 1.93. The summed E-state index contributed by atoms with van der Waals surface area (Å²) < 4.78 is 38.3. The van der Waals surface area contributed by atoms with E-state index in [9.17, 15) is 13.2 Å². The van der Waals surface area contributed by atoms with Crippen LogP contribution in [-0.4, -0.2) is 25.3 Å². The molecule has 2 N–H and O–H groups in total. The first-order valence-electron chi connectivity index (χ1n) is 6.62. The standard InChI is InChI=1S/C14H20BrF3N2/c1-3-11(19)7-10-5-6-12(8-13(10)15)20(4-2)9-14(16,17)18/h5-6,8,11H,3-4,7,9,19H2,1-2H3. The van der Waals surface area contributed by atoms with E-state index in [0.717, 1.165) is 16.5 Å². The molecular weight excluding hydrogens is 333 g/mol. The molecule has 0 spiro atoms. The normalized spacial score (nSPS) is 13.3. The van der Waals surface area contributed by atoms with E-state index in [1.54, 1.807) is 19.1 Å². The van der Waals surface area contributed by atoms with Crippen molar-refractivity contribution in [1.29, 1.82) is 0 Å². The van der Waals surface area contributed by atoms with Crippen molar-refractivity contribution in [3.05, 3.63) is 28.2 Å². The zero-order valence-electron chi connectivity index (χ0n) is 11.7. The second kappa shape index (κ2) is 7.31. The van der Waals surface area contributed by atoms with Gasteiger partial charge in [-0.05, 0) is 37.5 Å². The van der Waals surface area contributed by atoms with E-state index < -0.39 is 12.7 Å². The first-order valence-corrected chi connectivity index (χ1v) is 7.41. The minimum absolute atomic E-state index is 0.0644. The van der Waals surface area contributed by atoms with Gasteiger partial charge in [-0.1, -0.05) is 28.9 Å². The van der Waals surface area contributed by atoms with E-state index in [1.807, 2.05) is 13.0 Å². The van der Waals surface area contributed by atoms with Gasteiger partial charge in [-0.15, -0.1) is 0 Å². The predicted molar refractivity (Wildman–Crippen MR) is 80.1 cm³/mol. The maximum atomic E-state index is 12.5. The van der Waals surface area contributed by atoms with Gasteiger partial charge in [0.1, 0.15) is 6.54 Å². The summed E-state index contributed by atoms with van der Waals surface area (Å²) in [5.74, 6) is 0. The molecule has 20 heavy (non-hydrogen) atoms. The number of rotatable bonds is 6. The minimum Gasteiger partial charge on any atom is -0.363 e. The Morgan fingerprint density at radius 3 is 2.40 bits per heavy atom. The van der Waals surface area contributed by atoms with Gasteiger partial charge in [0, 0.05) is 22.7 Å². The zero-order valence-corrected chi connectivity index (χ0v) is 13.3. The number of nitrogens with zero attached hydrogens (tertiary/aromatic N) is 1. The molecule has 1 aromatic carbocycles. The molecule has 1 rings (SSSR count). The molecule has 6 heteroatoms. The van der Waals surface area contributed by atoms with E-state index in [-0.39, 0.29) is 6.04 Å². The third-order valence-electron chi connectivity index (χ3n) is 3.16. The predicted octanol–water partition coefficient (Wildman–Crippen LogP) is 4.12. The average Bonchev–Trinajstić information content (AvgIpc) is 2.37. The molecule has 0 aliphatic heterocycles. The molecular formula is C14H20BrF3N2. The van der Waals surface area contributed by atoms with Crippen molar-refractivity contribution in [2.24, 2.45) is 5.73 Å². The summed E-state index contributed by atoms with van der Waals surface area (Å²) in [6, 6.07) is 5.35. The molecule has 114 valence electrons. The quantitative estimate of drug-likeness (QED) is 0.834. The lowest BCUT2D eigenvalue weighted by Gasteiger charge is -2.25. The van der Waals surface area contributed by atoms with Crippen LogP contribution in [0.1, 0.15) is 25.8 Å². The van der Waals surface area contributed by atoms with Gasteiger partial charge in [-0.3, -0.25) is 0 Å². The Morgan fingerprint density at radius 1 is 1.30 bits per heavy atom. The number of halogens is 4. The van der Waals surface area contributed by atoms with Gasteiger partial charge in [-0.25, -0.2) is 0 Å². The third kappa shape index (κ3) is 5.32. The van der Waals surface area contributed by atoms with Gasteiger partial charge < -0.3 is 10.6 Å². The van der Waals surface area contributed by atoms with E-state index in [2.05, 4.69) is 15.9 Å². The highest BCUT2D eigenvalue weighted by atomic mass is 79.9. The average molecular weight is 353 g/mol. The summed E-state index contributed by atoms with van der Waals surface area (Å²) in [6.07, 6.45) is -2.63. The van der Waals surface area contributed by atoms with Gasteiger partial charge >= 0.3 is 6.18 Å². The summed E-state index contributed by atoms with van der Waals surface area (Å²) in [5.41, 5.74) is 7.48. The molecule has 0 saturated heterocycles. The van der Waals surface area contributed by atoms with E-state index in [0.29, 0.717) is 18.7 Å². The van der Waals surface area contributed by atoms with E-state index in [4.69, 9.17) is 5.73 Å². The van der Waals surface area contributed by atoms with Crippen molar-refractivity contribution < 1.29 is 13.2 Å². The summed E-state index contributed by atoms with van der Waals surface area (Å²) in [7, 11) is 0. The zero-order chi connectivity index (χ0) is 15.3. The Labute approximate surface area is 126 Å². The van der Waals surface area contributed by atoms with Gasteiger partial charge in [0.25, 0.3) is 0 Å². The van der Waals surface area contributed by atoms with E-state index >= 15 is 0 Å². The molecule has 0 fully saturated rings. The summed E-state index contributed by atoms with van der Waals surface area (Å²) in [4.78, 5) is 1.30. The molecule has 1 aromatic rings. The highest BCUT2D eigenvalue weighted by Crippen LogP contribution is 2.27. The highest BCUT2D eigenvalue weighted by molar-refractivity contribution is 9.10. The van der Waals surface area contributed by atoms with Crippen LogP contribution < -0.4 is 10.6 Å². The molecule has 1 atom stereocenters. The van der Waals surface area contributed by atoms with Crippen molar-refractivity contribution in [2.75, 3.05) is 18.0 Å². The Hall–Kier alpha value is -0.750. The second-order valence-electron chi connectivity index (χ2n) is 4.78. The van der Waals surface area contributed by atoms with Crippen LogP contribution in [0.5, 0.6) is 0 Å². The molecule has 0 heterocycles. The smallest absolute Gasteiger partial charge is 0.363 e. The highest BCUT2D eigenvalue weighted by Gasteiger charge is 2.30. The van der Waals surface area contributed by atoms with Crippen LogP contribution in [0.2, 0.25) is 0 Å². The van der Waals surface area contributed by atoms with Gasteiger partial charge in [0.05, 0.1) is 0 Å². The largest absolute Gasteiger partial charge is 0.405 e. The molecule has 0 aliphatic rings. The lowest BCUT2D eigenvalue weighted by atomic mass is 10.0. The number of hydrogen-bond acceptors (Lipinski definition) is 2. The van der Waals surface area contributed by atoms with Crippen molar-refractivity contribution in [3.63, 3.8) is 0 Å². The Morgan fingerprint density at radius 2 is 1.95 bits per heavy atom. The molecule has 0 aliphatic carbocycles. The van der Waals surface area contributed by atoms with Gasteiger partial charge in [-0.2, -0.15) is 13.2 Å². The van der Waals surface area contributed by atoms with Crippen LogP contribution in [0.3, 0.4) is 0 Å². The van der Waals surface area contributed by atoms with Crippen molar-refractivity contribution in [3.8, 4) is 0 Å². The topological polar surface area (TPSA) is 29.3 Å². The number of benzene rings is 1. The van der Waals surface area contributed by atoms with Crippen molar-refractivity contribution in [1.82, 2.24) is 0 Å². The Balaban J connectivity index is 2.89. The number of hydrogen-bond donors (Lipinski definition) is 1. The third-order valence-corrected chi connectivity index (χ3v) is 3.90. The molecule has 0 aromatic heterocycles. The lowest BCUT2D eigenvalue weighted by Crippen LogP contribution is -2.34. The van der Waals surface area contributed by atoms with Crippen molar-refractivity contribution >= 4 is 21.6 Å². The molecule has 2 nitrogen and oxygen atoms in total. The van der Waals surface area contributed by atoms with Crippen LogP contribution in [0, 0.1) is 0 Å². The van der Waals surface area contributed by atoms with E-state index in [1.165, 1.54) is 4.90 Å². The Kier molecular flexibility index (Phi) is 6.33. The fourth-order valence-corrected chi connectivity index (χ4v) is 2.46. The first-order chi connectivity index (χ1) is 9.26. The van der Waals surface area contributed by atoms with Crippen molar-refractivity contribution in [2.45, 2.75) is 38.9 Å². The molecule has 1 unspecified atom stereocenters. The molecule has 0 amide bonds. The van der Waals surface area contributed by atoms with Gasteiger partial charge in [0.15, 0.2) is 0 Å². The maximum Gasteiger partial charge on any atom is 0.405 e. The van der Waals surface area contributed by atoms with Gasteiger partial charge in [0.2, 0.25) is 0 Å². The van der Waals surface area contributed by atoms with Crippen LogP contribution in [0.15, 0.2) is 22.7 Å². The number of nitrogens with two attached hydrogens (primary N) is 1. The number of anilines is 1. The second-order valence-corrected chi connectivity index (χ2v) is 5.63. The molecule has 0 bridgehead atoms. The van der Waals surface area contributed by atoms with Crippen LogP contribution in [0.25, 0.3) is 0 Å². The summed E-state index contributed by atoms with van der Waals surface area (Å²) in [6.45, 7) is 3.08. The fraction of sp³-hybridized carbons (Fsp3) is 0.571. The monoisotopic (exact) mass is 352 g/mol. The molecule has 0 saturated carbocycles. The SMILES string of the molecule is CCC(N)Cc1ccc(N(CC)CC(F)(F)F)cc1Br. The van der Waals surface area contributed by atoms with Crippen LogP contribution in [-0.2, 0) is 6.42 Å².